The number of benzene rings is 1. The van der Waals surface area contributed by atoms with Crippen molar-refractivity contribution in [3.63, 3.8) is 0 Å². The van der Waals surface area contributed by atoms with E-state index in [1.807, 2.05) is 42.6 Å². The molecule has 0 spiro atoms. The van der Waals surface area contributed by atoms with Crippen LogP contribution in [-0.2, 0) is 14.3 Å². The van der Waals surface area contributed by atoms with Crippen LogP contribution >= 0.6 is 11.3 Å². The highest BCUT2D eigenvalue weighted by molar-refractivity contribution is 7.10. The zero-order valence-electron chi connectivity index (χ0n) is 18.3. The lowest BCUT2D eigenvalue weighted by Crippen LogP contribution is -2.46. The Kier molecular flexibility index (Phi) is 6.88. The molecule has 32 heavy (non-hydrogen) atoms. The zero-order valence-corrected chi connectivity index (χ0v) is 19.1. The summed E-state index contributed by atoms with van der Waals surface area (Å²) in [6, 6.07) is 10.4. The fraction of sp³-hybridized carbons (Fsp3) is 0.435. The Hall–Kier alpha value is -2.75. The third-order valence-corrected chi connectivity index (χ3v) is 6.89. The Morgan fingerprint density at radius 1 is 1.19 bits per heavy atom. The Morgan fingerprint density at radius 2 is 1.91 bits per heavy atom. The number of ether oxygens (including phenoxy) is 1. The van der Waals surface area contributed by atoms with E-state index in [-0.39, 0.29) is 24.4 Å². The molecule has 2 unspecified atom stereocenters. The second-order valence-corrected chi connectivity index (χ2v) is 9.05. The van der Waals surface area contributed by atoms with Crippen LogP contribution in [0.1, 0.15) is 23.4 Å². The number of morpholine rings is 1. The van der Waals surface area contributed by atoms with Crippen LogP contribution < -0.4 is 10.2 Å². The number of amides is 4. The van der Waals surface area contributed by atoms with Gasteiger partial charge in [-0.25, -0.2) is 4.79 Å². The average Bonchev–Trinajstić information content (AvgIpc) is 3.39. The smallest absolute Gasteiger partial charge is 0.332 e. The quantitative estimate of drug-likeness (QED) is 0.647. The molecule has 2 aliphatic rings. The molecule has 2 fully saturated rings. The van der Waals surface area contributed by atoms with E-state index in [0.29, 0.717) is 25.4 Å². The molecule has 2 saturated heterocycles. The van der Waals surface area contributed by atoms with Gasteiger partial charge in [0.25, 0.3) is 5.91 Å². The van der Waals surface area contributed by atoms with Crippen molar-refractivity contribution in [1.29, 1.82) is 0 Å². The van der Waals surface area contributed by atoms with Crippen LogP contribution in [0.3, 0.4) is 0 Å². The highest BCUT2D eigenvalue weighted by atomic mass is 32.1. The first-order valence-corrected chi connectivity index (χ1v) is 11.7. The van der Waals surface area contributed by atoms with Crippen molar-refractivity contribution >= 4 is 34.9 Å². The van der Waals surface area contributed by atoms with Gasteiger partial charge in [0, 0.05) is 30.2 Å². The lowest BCUT2D eigenvalue weighted by atomic mass is 10.2. The largest absolute Gasteiger partial charge is 0.379 e. The summed E-state index contributed by atoms with van der Waals surface area (Å²) in [5, 5.41) is 4.95. The lowest BCUT2D eigenvalue weighted by molar-refractivity contribution is -0.132. The number of carbonyl (C=O) groups excluding carboxylic acids is 3. The zero-order chi connectivity index (χ0) is 22.7. The number of nitrogens with one attached hydrogen (secondary N) is 1. The number of anilines is 1. The van der Waals surface area contributed by atoms with Crippen molar-refractivity contribution < 1.29 is 19.1 Å². The van der Waals surface area contributed by atoms with Crippen molar-refractivity contribution in [3.05, 3.63) is 52.2 Å². The first-order valence-electron chi connectivity index (χ1n) is 10.8. The molecule has 2 atom stereocenters. The Bertz CT molecular complexity index is 957. The third-order valence-electron chi connectivity index (χ3n) is 5.91. The molecule has 1 N–H and O–H groups in total. The third kappa shape index (κ3) is 4.69. The number of rotatable bonds is 7. The average molecular weight is 457 g/mol. The summed E-state index contributed by atoms with van der Waals surface area (Å²) in [5.41, 5.74) is 1.71. The number of hydrogen-bond acceptors (Lipinski definition) is 6. The van der Waals surface area contributed by atoms with Crippen LogP contribution in [0, 0.1) is 6.92 Å². The SMILES string of the molecule is Cc1ccc(N2C(=O)N(CC(=O)NCC(c3cccs3)N3CCOCC3)C(=O)C2C)cc1. The van der Waals surface area contributed by atoms with Gasteiger partial charge in [-0.1, -0.05) is 23.8 Å². The van der Waals surface area contributed by atoms with E-state index in [2.05, 4.69) is 16.3 Å². The summed E-state index contributed by atoms with van der Waals surface area (Å²) in [7, 11) is 0. The molecule has 170 valence electrons. The number of nitrogens with zero attached hydrogens (tertiary/aromatic N) is 3. The van der Waals surface area contributed by atoms with Crippen molar-refractivity contribution in [3.8, 4) is 0 Å². The van der Waals surface area contributed by atoms with Gasteiger partial charge < -0.3 is 10.1 Å². The minimum atomic E-state index is -0.648. The predicted octanol–water partition coefficient (Wildman–Crippen LogP) is 2.40. The van der Waals surface area contributed by atoms with Gasteiger partial charge in [-0.15, -0.1) is 11.3 Å². The van der Waals surface area contributed by atoms with Gasteiger partial charge in [0.15, 0.2) is 0 Å². The first kappa shape index (κ1) is 22.4. The van der Waals surface area contributed by atoms with Crippen LogP contribution in [0.2, 0.25) is 0 Å². The maximum atomic E-state index is 12.9. The second-order valence-electron chi connectivity index (χ2n) is 8.07. The summed E-state index contributed by atoms with van der Waals surface area (Å²) in [6.45, 7) is 6.69. The Balaban J connectivity index is 1.40. The molecular weight excluding hydrogens is 428 g/mol. The second kappa shape index (κ2) is 9.81. The number of imide groups is 1. The van der Waals surface area contributed by atoms with Crippen LogP contribution in [0.4, 0.5) is 10.5 Å². The van der Waals surface area contributed by atoms with E-state index in [4.69, 9.17) is 4.74 Å². The summed E-state index contributed by atoms with van der Waals surface area (Å²) in [4.78, 5) is 44.4. The fourth-order valence-electron chi connectivity index (χ4n) is 4.10. The van der Waals surface area contributed by atoms with Crippen LogP contribution in [0.25, 0.3) is 0 Å². The minimum Gasteiger partial charge on any atom is -0.379 e. The van der Waals surface area contributed by atoms with E-state index >= 15 is 0 Å². The highest BCUT2D eigenvalue weighted by Gasteiger charge is 2.44. The molecule has 1 aromatic heterocycles. The molecule has 0 saturated carbocycles. The number of hydrogen-bond donors (Lipinski definition) is 1. The monoisotopic (exact) mass is 456 g/mol. The van der Waals surface area contributed by atoms with Gasteiger partial charge in [-0.05, 0) is 37.4 Å². The highest BCUT2D eigenvalue weighted by Crippen LogP contribution is 2.27. The molecule has 3 heterocycles. The maximum Gasteiger partial charge on any atom is 0.332 e. The van der Waals surface area contributed by atoms with Crippen LogP contribution in [-0.4, -0.2) is 73.1 Å². The molecule has 0 aliphatic carbocycles. The van der Waals surface area contributed by atoms with Crippen molar-refractivity contribution in [1.82, 2.24) is 15.1 Å². The Labute approximate surface area is 191 Å². The number of carbonyl (C=O) groups is 3. The molecule has 4 rings (SSSR count). The van der Waals surface area contributed by atoms with Gasteiger partial charge >= 0.3 is 6.03 Å². The summed E-state index contributed by atoms with van der Waals surface area (Å²) in [6.07, 6.45) is 0. The standard InChI is InChI=1S/C23H28N4O4S/c1-16-5-7-18(8-6-16)27-17(2)22(29)26(23(27)30)15-21(28)24-14-19(20-4-3-13-32-20)25-9-11-31-12-10-25/h3-8,13,17,19H,9-12,14-15H2,1-2H3,(H,24,28). The number of thiophene rings is 1. The predicted molar refractivity (Wildman–Crippen MR) is 123 cm³/mol. The van der Waals surface area contributed by atoms with E-state index in [0.717, 1.165) is 23.6 Å². The molecule has 0 radical (unpaired) electrons. The van der Waals surface area contributed by atoms with Crippen LogP contribution in [0.15, 0.2) is 41.8 Å². The summed E-state index contributed by atoms with van der Waals surface area (Å²) in [5.74, 6) is -0.715. The van der Waals surface area contributed by atoms with Crippen molar-refractivity contribution in [2.24, 2.45) is 0 Å². The van der Waals surface area contributed by atoms with Gasteiger partial charge in [-0.2, -0.15) is 0 Å². The van der Waals surface area contributed by atoms with Crippen LogP contribution in [0.5, 0.6) is 0 Å². The van der Waals surface area contributed by atoms with Gasteiger partial charge in [0.05, 0.1) is 19.3 Å². The molecule has 2 aromatic rings. The van der Waals surface area contributed by atoms with Gasteiger partial charge in [0.2, 0.25) is 5.91 Å². The maximum absolute atomic E-state index is 12.9. The van der Waals surface area contributed by atoms with Gasteiger partial charge in [0.1, 0.15) is 12.6 Å². The van der Waals surface area contributed by atoms with Gasteiger partial charge in [-0.3, -0.25) is 24.3 Å². The molecule has 4 amide bonds. The molecule has 9 heteroatoms. The minimum absolute atomic E-state index is 0.0378. The first-order chi connectivity index (χ1) is 15.5. The number of urea groups is 1. The molecule has 1 aromatic carbocycles. The topological polar surface area (TPSA) is 82.2 Å². The molecule has 2 aliphatic heterocycles. The van der Waals surface area contributed by atoms with Crippen molar-refractivity contribution in [2.45, 2.75) is 25.9 Å². The molecular formula is C23H28N4O4S. The summed E-state index contributed by atoms with van der Waals surface area (Å²) < 4.78 is 5.46. The lowest BCUT2D eigenvalue weighted by Gasteiger charge is -2.34. The molecule has 0 bridgehead atoms. The van der Waals surface area contributed by atoms with E-state index in [9.17, 15) is 14.4 Å². The Morgan fingerprint density at radius 3 is 2.56 bits per heavy atom. The molecule has 8 nitrogen and oxygen atoms in total. The normalized spacial score (nSPS) is 20.6. The van der Waals surface area contributed by atoms with E-state index in [1.165, 1.54) is 9.78 Å². The number of aryl methyl sites for hydroxylation is 1. The van der Waals surface area contributed by atoms with E-state index in [1.54, 1.807) is 18.3 Å². The summed E-state index contributed by atoms with van der Waals surface area (Å²) >= 11 is 1.65. The van der Waals surface area contributed by atoms with E-state index < -0.39 is 12.1 Å². The van der Waals surface area contributed by atoms with Crippen molar-refractivity contribution in [2.75, 3.05) is 44.3 Å². The fourth-order valence-corrected chi connectivity index (χ4v) is 4.96.